The van der Waals surface area contributed by atoms with Crippen LogP contribution >= 0.6 is 0 Å². The van der Waals surface area contributed by atoms with Crippen molar-refractivity contribution in [3.63, 3.8) is 0 Å². The predicted molar refractivity (Wildman–Crippen MR) is 246 cm³/mol. The standard InChI is InChI=1S/C8H16N4.C8H15N3O2.C8H13NO.C7H13N3.C6H10FN3.C6H11N3O/c1-7(2)12-6-8(9-10-12)5-11(3)4;1-7(2)11-4-8(9-10-11)5-13-6-12-3;1-4-7-5-8(6(2)3)9-10-7;1-4-7-5-10(6(2)3)9-8-7;1-5(2)10-4-6(3-7)8-9-10;1-5(2)9-3-6(4-10)7-8-9/h6-7H,5H2,1-4H3;4,7H,5-6H2,1-3H3;2*5-6H,4H2,1-3H3;4-5H,3H2,1-2H3;3,5,10H,4H2,1-2H3. The molecule has 0 aliphatic heterocycles. The van der Waals surface area contributed by atoms with Gasteiger partial charge in [-0.25, -0.2) is 27.8 Å². The van der Waals surface area contributed by atoms with Crippen molar-refractivity contribution < 1.29 is 23.5 Å². The predicted octanol–water partition coefficient (Wildman–Crippen LogP) is 7.36. The van der Waals surface area contributed by atoms with E-state index in [1.807, 2.05) is 75.8 Å². The molecular formula is C43H78FN17O4. The van der Waals surface area contributed by atoms with Crippen LogP contribution in [0, 0.1) is 0 Å². The summed E-state index contributed by atoms with van der Waals surface area (Å²) in [5, 5.41) is 51.2. The number of ether oxygens (including phenoxy) is 2. The van der Waals surface area contributed by atoms with Crippen LogP contribution in [0.25, 0.3) is 0 Å². The number of hydrogen-bond acceptors (Lipinski definition) is 16. The highest BCUT2D eigenvalue weighted by molar-refractivity contribution is 5.08. The number of methoxy groups -OCH3 is 1. The number of aromatic nitrogens is 16. The number of hydrogen-bond donors (Lipinski definition) is 1. The molecule has 6 heterocycles. The van der Waals surface area contributed by atoms with Gasteiger partial charge >= 0.3 is 0 Å². The molecule has 0 bridgehead atoms. The fraction of sp³-hybridized carbons (Fsp3) is 0.698. The molecule has 6 aromatic heterocycles. The zero-order valence-corrected chi connectivity index (χ0v) is 42.0. The van der Waals surface area contributed by atoms with Crippen LogP contribution in [-0.4, -0.2) is 118 Å². The van der Waals surface area contributed by atoms with Crippen molar-refractivity contribution in [2.24, 2.45) is 0 Å². The van der Waals surface area contributed by atoms with Crippen LogP contribution in [-0.2, 0) is 48.7 Å². The molecule has 0 fully saturated rings. The maximum absolute atomic E-state index is 11.9. The van der Waals surface area contributed by atoms with Gasteiger partial charge in [0.2, 0.25) is 0 Å². The van der Waals surface area contributed by atoms with Gasteiger partial charge in [-0.3, -0.25) is 0 Å². The van der Waals surface area contributed by atoms with E-state index in [0.717, 1.165) is 47.9 Å². The summed E-state index contributed by atoms with van der Waals surface area (Å²) >= 11 is 0. The Labute approximate surface area is 385 Å². The molecule has 0 spiro atoms. The number of aliphatic hydroxyl groups is 1. The maximum atomic E-state index is 11.9. The van der Waals surface area contributed by atoms with E-state index in [2.05, 4.69) is 131 Å². The average molecular weight is 916 g/mol. The number of alkyl halides is 1. The van der Waals surface area contributed by atoms with Gasteiger partial charge < -0.3 is 24.0 Å². The molecule has 65 heavy (non-hydrogen) atoms. The number of aliphatic hydroxyl groups excluding tert-OH is 1. The van der Waals surface area contributed by atoms with Crippen LogP contribution in [0.4, 0.5) is 4.39 Å². The summed E-state index contributed by atoms with van der Waals surface area (Å²) in [6.45, 7) is 29.8. The molecule has 0 saturated heterocycles. The number of aryl methyl sites for hydroxylation is 2. The zero-order valence-electron chi connectivity index (χ0n) is 42.0. The topological polar surface area (TPSA) is 222 Å². The fourth-order valence-electron chi connectivity index (χ4n) is 4.58. The summed E-state index contributed by atoms with van der Waals surface area (Å²) in [5.41, 5.74) is 4.98. The Morgan fingerprint density at radius 2 is 1.00 bits per heavy atom. The Morgan fingerprint density at radius 3 is 1.31 bits per heavy atom. The summed E-state index contributed by atoms with van der Waals surface area (Å²) in [5.74, 6) is 1.45. The van der Waals surface area contributed by atoms with Crippen LogP contribution in [0.1, 0.15) is 173 Å². The van der Waals surface area contributed by atoms with Gasteiger partial charge in [0, 0.05) is 62.5 Å². The minimum atomic E-state index is -0.535. The monoisotopic (exact) mass is 916 g/mol. The van der Waals surface area contributed by atoms with Crippen LogP contribution in [0.5, 0.6) is 0 Å². The molecule has 0 amide bonds. The van der Waals surface area contributed by atoms with Gasteiger partial charge in [0.05, 0.1) is 55.1 Å². The molecule has 1 N–H and O–H groups in total. The Hall–Kier alpha value is -5.32. The molecule has 21 nitrogen and oxygen atoms in total. The summed E-state index contributed by atoms with van der Waals surface area (Å²) in [6.07, 6.45) is 11.1. The van der Waals surface area contributed by atoms with Crippen LogP contribution in [0.2, 0.25) is 0 Å². The second kappa shape index (κ2) is 31.5. The van der Waals surface area contributed by atoms with Crippen molar-refractivity contribution in [3.8, 4) is 0 Å². The Balaban J connectivity index is 0.000000391. The van der Waals surface area contributed by atoms with Gasteiger partial charge in [-0.1, -0.05) is 58.9 Å². The molecule has 0 radical (unpaired) electrons. The lowest BCUT2D eigenvalue weighted by Crippen LogP contribution is -2.10. The van der Waals surface area contributed by atoms with Crippen LogP contribution in [0.3, 0.4) is 0 Å². The van der Waals surface area contributed by atoms with Gasteiger partial charge in [-0.05, 0) is 95.7 Å². The highest BCUT2D eigenvalue weighted by Gasteiger charge is 2.07. The van der Waals surface area contributed by atoms with E-state index >= 15 is 0 Å². The molecule has 0 unspecified atom stereocenters. The van der Waals surface area contributed by atoms with E-state index < -0.39 is 6.67 Å². The van der Waals surface area contributed by atoms with Crippen molar-refractivity contribution in [2.75, 3.05) is 28.0 Å². The SMILES string of the molecule is CC(C)n1cc(CF)nn1.CC(C)n1cc(CN(C)C)nn1.CC(C)n1cc(CO)nn1.CCc1cc(C(C)C)no1.CCc1cn(C(C)C)nn1.COCOCc1cn(C(C)C)nn1. The summed E-state index contributed by atoms with van der Waals surface area (Å²) < 4.78 is 35.7. The molecule has 6 rings (SSSR count). The Morgan fingerprint density at radius 1 is 0.600 bits per heavy atom. The molecule has 0 aromatic carbocycles. The van der Waals surface area contributed by atoms with Crippen molar-refractivity contribution >= 4 is 0 Å². The second-order valence-electron chi connectivity index (χ2n) is 16.8. The molecule has 0 saturated carbocycles. The average Bonchev–Trinajstić information content (AvgIpc) is 4.12. The van der Waals surface area contributed by atoms with Gasteiger partial charge in [-0.15, -0.1) is 25.5 Å². The molecule has 0 aliphatic rings. The normalized spacial score (nSPS) is 11.0. The lowest BCUT2D eigenvalue weighted by Gasteiger charge is -2.05. The molecular weight excluding hydrogens is 838 g/mol. The third-order valence-corrected chi connectivity index (χ3v) is 8.54. The Kier molecular flexibility index (Phi) is 28.0. The van der Waals surface area contributed by atoms with E-state index in [0.29, 0.717) is 48.1 Å². The fourth-order valence-corrected chi connectivity index (χ4v) is 4.58. The number of rotatable bonds is 16. The van der Waals surface area contributed by atoms with E-state index in [4.69, 9.17) is 19.1 Å². The highest BCUT2D eigenvalue weighted by Crippen LogP contribution is 2.14. The van der Waals surface area contributed by atoms with Gasteiger partial charge in [0.1, 0.15) is 36.3 Å². The first-order chi connectivity index (χ1) is 30.8. The first-order valence-corrected chi connectivity index (χ1v) is 22.2. The smallest absolute Gasteiger partial charge is 0.146 e. The molecule has 22 heteroatoms. The van der Waals surface area contributed by atoms with Crippen molar-refractivity contribution in [2.45, 2.75) is 172 Å². The van der Waals surface area contributed by atoms with Crippen molar-refractivity contribution in [1.82, 2.24) is 85.0 Å². The molecule has 366 valence electrons. The van der Waals surface area contributed by atoms with Crippen molar-refractivity contribution in [1.29, 1.82) is 0 Å². The summed E-state index contributed by atoms with van der Waals surface area (Å²) in [4.78, 5) is 2.08. The lowest BCUT2D eigenvalue weighted by atomic mass is 10.1. The number of nitrogens with zero attached hydrogens (tertiary/aromatic N) is 17. The third kappa shape index (κ3) is 23.4. The quantitative estimate of drug-likeness (QED) is 0.0740. The summed E-state index contributed by atoms with van der Waals surface area (Å²) in [7, 11) is 5.63. The number of halogens is 1. The summed E-state index contributed by atoms with van der Waals surface area (Å²) in [6, 6.07) is 3.75. The maximum Gasteiger partial charge on any atom is 0.146 e. The minimum absolute atomic E-state index is 0.0350. The van der Waals surface area contributed by atoms with Crippen molar-refractivity contribution in [3.05, 3.63) is 77.0 Å². The molecule has 0 atom stereocenters. The van der Waals surface area contributed by atoms with E-state index in [1.54, 1.807) is 33.5 Å². The van der Waals surface area contributed by atoms with Crippen LogP contribution < -0.4 is 0 Å². The van der Waals surface area contributed by atoms with E-state index in [1.165, 1.54) is 0 Å². The van der Waals surface area contributed by atoms with Gasteiger partial charge in [0.25, 0.3) is 0 Å². The Bertz CT molecular complexity index is 1880. The molecule has 6 aromatic rings. The second-order valence-corrected chi connectivity index (χ2v) is 16.8. The van der Waals surface area contributed by atoms with E-state index in [9.17, 15) is 4.39 Å². The van der Waals surface area contributed by atoms with Gasteiger partial charge in [-0.2, -0.15) is 0 Å². The minimum Gasteiger partial charge on any atom is -0.390 e. The first-order valence-electron chi connectivity index (χ1n) is 22.2. The highest BCUT2D eigenvalue weighted by atomic mass is 19.1. The first kappa shape index (κ1) is 57.7. The third-order valence-electron chi connectivity index (χ3n) is 8.54. The largest absolute Gasteiger partial charge is 0.390 e. The zero-order chi connectivity index (χ0) is 49.1. The van der Waals surface area contributed by atoms with E-state index in [-0.39, 0.29) is 19.4 Å². The molecule has 0 aliphatic carbocycles. The lowest BCUT2D eigenvalue weighted by molar-refractivity contribution is -0.0401. The van der Waals surface area contributed by atoms with Crippen LogP contribution in [0.15, 0.2) is 41.6 Å². The van der Waals surface area contributed by atoms with Gasteiger partial charge in [0.15, 0.2) is 0 Å².